The van der Waals surface area contributed by atoms with E-state index in [2.05, 4.69) is 20.0 Å². The third kappa shape index (κ3) is 2.16. The standard InChI is InChI=1S/C15H16FN5/c16-11-9-12-13(10-14(11)20-6-2-1-3-7-20)19-15(18-12)21-8-4-5-17-21/h4-5,8-10H,1-3,6-7H2,(H,18,19). The van der Waals surface area contributed by atoms with Gasteiger partial charge in [-0.25, -0.2) is 14.1 Å². The molecule has 1 N–H and O–H groups in total. The summed E-state index contributed by atoms with van der Waals surface area (Å²) < 4.78 is 16.0. The lowest BCUT2D eigenvalue weighted by Gasteiger charge is -2.29. The van der Waals surface area contributed by atoms with Crippen LogP contribution in [-0.4, -0.2) is 32.8 Å². The summed E-state index contributed by atoms with van der Waals surface area (Å²) in [6.07, 6.45) is 6.96. The Morgan fingerprint density at radius 3 is 2.76 bits per heavy atom. The summed E-state index contributed by atoms with van der Waals surface area (Å²) in [6.45, 7) is 1.83. The molecule has 0 bridgehead atoms. The Kier molecular flexibility index (Phi) is 2.87. The number of nitrogens with zero attached hydrogens (tertiary/aromatic N) is 4. The van der Waals surface area contributed by atoms with Crippen molar-refractivity contribution in [2.24, 2.45) is 0 Å². The number of piperidine rings is 1. The van der Waals surface area contributed by atoms with Crippen molar-refractivity contribution in [3.63, 3.8) is 0 Å². The van der Waals surface area contributed by atoms with E-state index < -0.39 is 0 Å². The first kappa shape index (κ1) is 12.4. The molecule has 0 amide bonds. The first-order valence-electron chi connectivity index (χ1n) is 7.25. The van der Waals surface area contributed by atoms with E-state index >= 15 is 0 Å². The SMILES string of the molecule is Fc1cc2[nH]c(-n3cccn3)nc2cc1N1CCCCC1. The first-order chi connectivity index (χ1) is 10.3. The molecule has 1 fully saturated rings. The number of rotatable bonds is 2. The molecule has 0 atom stereocenters. The van der Waals surface area contributed by atoms with E-state index in [1.54, 1.807) is 17.1 Å². The second-order valence-electron chi connectivity index (χ2n) is 5.38. The largest absolute Gasteiger partial charge is 0.369 e. The zero-order chi connectivity index (χ0) is 14.2. The van der Waals surface area contributed by atoms with Crippen molar-refractivity contribution in [1.29, 1.82) is 0 Å². The Hall–Kier alpha value is -2.37. The lowest BCUT2D eigenvalue weighted by atomic mass is 10.1. The summed E-state index contributed by atoms with van der Waals surface area (Å²) in [7, 11) is 0. The first-order valence-corrected chi connectivity index (χ1v) is 7.25. The zero-order valence-corrected chi connectivity index (χ0v) is 11.6. The van der Waals surface area contributed by atoms with Gasteiger partial charge in [0.2, 0.25) is 5.95 Å². The Morgan fingerprint density at radius 2 is 2.00 bits per heavy atom. The predicted molar refractivity (Wildman–Crippen MR) is 79.2 cm³/mol. The summed E-state index contributed by atoms with van der Waals surface area (Å²) in [6, 6.07) is 5.19. The number of aromatic nitrogens is 4. The van der Waals surface area contributed by atoms with Crippen LogP contribution in [0.5, 0.6) is 0 Å². The van der Waals surface area contributed by atoms with Gasteiger partial charge in [-0.2, -0.15) is 5.10 Å². The zero-order valence-electron chi connectivity index (χ0n) is 11.6. The van der Waals surface area contributed by atoms with Crippen LogP contribution in [0.25, 0.3) is 17.0 Å². The molecule has 6 heteroatoms. The van der Waals surface area contributed by atoms with E-state index in [1.165, 1.54) is 12.5 Å². The number of hydrogen-bond acceptors (Lipinski definition) is 3. The van der Waals surface area contributed by atoms with Crippen molar-refractivity contribution in [3.8, 4) is 5.95 Å². The molecular weight excluding hydrogens is 269 g/mol. The van der Waals surface area contributed by atoms with E-state index in [1.807, 2.05) is 12.1 Å². The van der Waals surface area contributed by atoms with Gasteiger partial charge in [0.1, 0.15) is 5.82 Å². The smallest absolute Gasteiger partial charge is 0.229 e. The summed E-state index contributed by atoms with van der Waals surface area (Å²) in [5.41, 5.74) is 2.11. The molecule has 1 aliphatic heterocycles. The molecule has 1 saturated heterocycles. The number of H-pyrrole nitrogens is 1. The monoisotopic (exact) mass is 285 g/mol. The summed E-state index contributed by atoms with van der Waals surface area (Å²) in [4.78, 5) is 9.71. The van der Waals surface area contributed by atoms with Crippen molar-refractivity contribution in [2.75, 3.05) is 18.0 Å². The molecule has 0 aliphatic carbocycles. The van der Waals surface area contributed by atoms with Crippen molar-refractivity contribution >= 4 is 16.7 Å². The molecule has 3 aromatic rings. The number of halogens is 1. The van der Waals surface area contributed by atoms with E-state index in [9.17, 15) is 4.39 Å². The molecule has 21 heavy (non-hydrogen) atoms. The minimum absolute atomic E-state index is 0.194. The number of nitrogens with one attached hydrogen (secondary N) is 1. The quantitative estimate of drug-likeness (QED) is 0.787. The number of anilines is 1. The van der Waals surface area contributed by atoms with Crippen molar-refractivity contribution in [2.45, 2.75) is 19.3 Å². The molecule has 4 rings (SSSR count). The van der Waals surface area contributed by atoms with Gasteiger partial charge in [0, 0.05) is 31.5 Å². The van der Waals surface area contributed by atoms with Gasteiger partial charge in [0.15, 0.2) is 0 Å². The van der Waals surface area contributed by atoms with Crippen LogP contribution in [0.3, 0.4) is 0 Å². The van der Waals surface area contributed by atoms with Gasteiger partial charge in [0.05, 0.1) is 16.7 Å². The van der Waals surface area contributed by atoms with Gasteiger partial charge in [-0.3, -0.25) is 0 Å². The highest BCUT2D eigenvalue weighted by atomic mass is 19.1. The molecule has 1 aliphatic rings. The molecule has 5 nitrogen and oxygen atoms in total. The maximum atomic E-state index is 14.3. The lowest BCUT2D eigenvalue weighted by Crippen LogP contribution is -2.30. The van der Waals surface area contributed by atoms with Crippen LogP contribution >= 0.6 is 0 Å². The molecule has 0 unspecified atom stereocenters. The number of fused-ring (bicyclic) bond motifs is 1. The third-order valence-corrected chi connectivity index (χ3v) is 3.96. The Morgan fingerprint density at radius 1 is 1.14 bits per heavy atom. The molecule has 0 spiro atoms. The van der Waals surface area contributed by atoms with Crippen LogP contribution in [0, 0.1) is 5.82 Å². The molecule has 108 valence electrons. The van der Waals surface area contributed by atoms with Gasteiger partial charge >= 0.3 is 0 Å². The number of aromatic amines is 1. The van der Waals surface area contributed by atoms with Gasteiger partial charge in [-0.05, 0) is 31.4 Å². The van der Waals surface area contributed by atoms with Crippen LogP contribution < -0.4 is 4.90 Å². The fraction of sp³-hybridized carbons (Fsp3) is 0.333. The van der Waals surface area contributed by atoms with Gasteiger partial charge in [-0.15, -0.1) is 0 Å². The highest BCUT2D eigenvalue weighted by Gasteiger charge is 2.17. The maximum Gasteiger partial charge on any atom is 0.229 e. The van der Waals surface area contributed by atoms with E-state index in [0.717, 1.165) is 31.4 Å². The number of benzene rings is 1. The van der Waals surface area contributed by atoms with Crippen LogP contribution in [-0.2, 0) is 0 Å². The van der Waals surface area contributed by atoms with Crippen LogP contribution in [0.1, 0.15) is 19.3 Å². The predicted octanol–water partition coefficient (Wildman–Crippen LogP) is 2.88. The van der Waals surface area contributed by atoms with Crippen LogP contribution in [0.2, 0.25) is 0 Å². The average Bonchev–Trinajstić information content (AvgIpc) is 3.16. The molecule has 0 radical (unpaired) electrons. The second kappa shape index (κ2) is 4.87. The van der Waals surface area contributed by atoms with Crippen LogP contribution in [0.15, 0.2) is 30.6 Å². The topological polar surface area (TPSA) is 49.7 Å². The fourth-order valence-electron chi connectivity index (χ4n) is 2.89. The van der Waals surface area contributed by atoms with Crippen molar-refractivity contribution < 1.29 is 4.39 Å². The van der Waals surface area contributed by atoms with Gasteiger partial charge in [-0.1, -0.05) is 0 Å². The third-order valence-electron chi connectivity index (χ3n) is 3.96. The lowest BCUT2D eigenvalue weighted by molar-refractivity contribution is 0.557. The molecule has 0 saturated carbocycles. The number of imidazole rings is 1. The van der Waals surface area contributed by atoms with Crippen LogP contribution in [0.4, 0.5) is 10.1 Å². The fourth-order valence-corrected chi connectivity index (χ4v) is 2.89. The van der Waals surface area contributed by atoms with E-state index in [0.29, 0.717) is 17.2 Å². The average molecular weight is 285 g/mol. The van der Waals surface area contributed by atoms with E-state index in [-0.39, 0.29) is 5.82 Å². The minimum atomic E-state index is -0.194. The maximum absolute atomic E-state index is 14.3. The molecular formula is C15H16FN5. The van der Waals surface area contributed by atoms with Crippen molar-refractivity contribution in [1.82, 2.24) is 19.7 Å². The summed E-state index contributed by atoms with van der Waals surface area (Å²) in [5.74, 6) is 0.408. The van der Waals surface area contributed by atoms with Gasteiger partial charge in [0.25, 0.3) is 0 Å². The Bertz CT molecular complexity index is 756. The summed E-state index contributed by atoms with van der Waals surface area (Å²) >= 11 is 0. The van der Waals surface area contributed by atoms with Crippen molar-refractivity contribution in [3.05, 3.63) is 36.4 Å². The highest BCUT2D eigenvalue weighted by molar-refractivity contribution is 5.81. The Balaban J connectivity index is 1.77. The second-order valence-corrected chi connectivity index (χ2v) is 5.38. The minimum Gasteiger partial charge on any atom is -0.369 e. The summed E-state index contributed by atoms with van der Waals surface area (Å²) in [5, 5.41) is 4.14. The number of hydrogen-bond donors (Lipinski definition) is 1. The molecule has 1 aromatic carbocycles. The molecule has 3 heterocycles. The van der Waals surface area contributed by atoms with E-state index in [4.69, 9.17) is 0 Å². The normalized spacial score (nSPS) is 15.8. The van der Waals surface area contributed by atoms with Gasteiger partial charge < -0.3 is 9.88 Å². The Labute approximate surface area is 121 Å². The highest BCUT2D eigenvalue weighted by Crippen LogP contribution is 2.27. The molecule has 2 aromatic heterocycles.